The zero-order valence-electron chi connectivity index (χ0n) is 15.7. The van der Waals surface area contributed by atoms with E-state index in [9.17, 15) is 9.18 Å². The lowest BCUT2D eigenvalue weighted by Gasteiger charge is -2.30. The van der Waals surface area contributed by atoms with E-state index in [0.29, 0.717) is 18.0 Å². The van der Waals surface area contributed by atoms with Crippen molar-refractivity contribution in [3.63, 3.8) is 0 Å². The fraction of sp³-hybridized carbons (Fsp3) is 0.421. The fourth-order valence-electron chi connectivity index (χ4n) is 3.31. The van der Waals surface area contributed by atoms with Crippen LogP contribution < -0.4 is 22.1 Å². The number of ether oxygens (including phenoxy) is 1. The van der Waals surface area contributed by atoms with Gasteiger partial charge >= 0.3 is 0 Å². The maximum absolute atomic E-state index is 14.5. The second-order valence-corrected chi connectivity index (χ2v) is 6.87. The van der Waals surface area contributed by atoms with Crippen molar-refractivity contribution in [2.75, 3.05) is 17.7 Å². The normalized spacial score (nSPS) is 19.2. The van der Waals surface area contributed by atoms with Crippen molar-refractivity contribution in [2.45, 2.75) is 44.4 Å². The highest BCUT2D eigenvalue weighted by atomic mass is 19.1. The lowest BCUT2D eigenvalue weighted by Crippen LogP contribution is -2.43. The number of nitrogens with two attached hydrogens (primary N) is 2. The van der Waals surface area contributed by atoms with Crippen LogP contribution in [0.4, 0.5) is 21.7 Å². The van der Waals surface area contributed by atoms with Crippen LogP contribution in [0.5, 0.6) is 0 Å². The van der Waals surface area contributed by atoms with Gasteiger partial charge < -0.3 is 26.8 Å². The summed E-state index contributed by atoms with van der Waals surface area (Å²) in [6.07, 6.45) is 5.41. The molecule has 0 aromatic carbocycles. The molecule has 2 aromatic rings. The number of primary amides is 1. The number of methoxy groups -OCH3 is 1. The van der Waals surface area contributed by atoms with E-state index in [-0.39, 0.29) is 29.3 Å². The van der Waals surface area contributed by atoms with Gasteiger partial charge in [0.2, 0.25) is 0 Å². The van der Waals surface area contributed by atoms with Gasteiger partial charge in [0, 0.05) is 31.1 Å². The van der Waals surface area contributed by atoms with Gasteiger partial charge in [0.15, 0.2) is 11.6 Å². The Kier molecular flexibility index (Phi) is 6.37. The van der Waals surface area contributed by atoms with Crippen molar-refractivity contribution in [1.82, 2.24) is 9.97 Å². The Labute approximate surface area is 162 Å². The first kappa shape index (κ1) is 20.0. The minimum Gasteiger partial charge on any atom is -0.378 e. The Morgan fingerprint density at radius 2 is 2.11 bits per heavy atom. The standard InChI is InChI=1S/C19H25FN6O2/c1-28-10-12-8-11(6-7-23-12)24-18-13(17(22)27)9-14(20)19(26-18)25-16-5-3-2-4-15(16)21/h6-9,15-16H,2-5,10,21H2,1H3,(H2,22,27)(H2,23,24,25,26). The summed E-state index contributed by atoms with van der Waals surface area (Å²) in [5, 5.41) is 6.11. The van der Waals surface area contributed by atoms with Crippen LogP contribution in [0.2, 0.25) is 0 Å². The molecule has 9 heteroatoms. The minimum atomic E-state index is -0.777. The molecular weight excluding hydrogens is 363 g/mol. The molecule has 150 valence electrons. The van der Waals surface area contributed by atoms with E-state index < -0.39 is 11.7 Å². The van der Waals surface area contributed by atoms with Gasteiger partial charge in [-0.1, -0.05) is 12.8 Å². The molecule has 1 saturated carbocycles. The molecule has 0 aliphatic heterocycles. The summed E-state index contributed by atoms with van der Waals surface area (Å²) in [5.74, 6) is -1.22. The number of amides is 1. The van der Waals surface area contributed by atoms with Gasteiger partial charge in [0.25, 0.3) is 5.91 Å². The van der Waals surface area contributed by atoms with Crippen molar-refractivity contribution in [1.29, 1.82) is 0 Å². The topological polar surface area (TPSA) is 128 Å². The number of aromatic nitrogens is 2. The SMILES string of the molecule is COCc1cc(Nc2nc(NC3CCCCC3N)c(F)cc2C(N)=O)ccn1. The number of nitrogens with one attached hydrogen (secondary N) is 2. The molecule has 1 aliphatic rings. The first-order valence-electron chi connectivity index (χ1n) is 9.21. The van der Waals surface area contributed by atoms with Crippen molar-refractivity contribution in [3.8, 4) is 0 Å². The van der Waals surface area contributed by atoms with Crippen LogP contribution in [0.15, 0.2) is 24.4 Å². The summed E-state index contributed by atoms with van der Waals surface area (Å²) >= 11 is 0. The molecule has 2 atom stereocenters. The first-order valence-corrected chi connectivity index (χ1v) is 9.21. The number of anilines is 3. The van der Waals surface area contributed by atoms with Crippen LogP contribution in [-0.2, 0) is 11.3 Å². The largest absolute Gasteiger partial charge is 0.378 e. The van der Waals surface area contributed by atoms with E-state index >= 15 is 0 Å². The number of hydrogen-bond donors (Lipinski definition) is 4. The zero-order chi connectivity index (χ0) is 20.1. The molecule has 0 bridgehead atoms. The van der Waals surface area contributed by atoms with Crippen LogP contribution in [0.25, 0.3) is 0 Å². The van der Waals surface area contributed by atoms with E-state index in [0.717, 1.165) is 31.7 Å². The van der Waals surface area contributed by atoms with E-state index in [2.05, 4.69) is 20.6 Å². The summed E-state index contributed by atoms with van der Waals surface area (Å²) in [7, 11) is 1.57. The number of rotatable bonds is 7. The third kappa shape index (κ3) is 4.73. The van der Waals surface area contributed by atoms with Crippen LogP contribution in [0.1, 0.15) is 41.7 Å². The molecule has 2 heterocycles. The first-order chi connectivity index (χ1) is 13.5. The fourth-order valence-corrected chi connectivity index (χ4v) is 3.31. The number of carbonyl (C=O) groups excluding carboxylic acids is 1. The molecule has 8 nitrogen and oxygen atoms in total. The molecule has 0 radical (unpaired) electrons. The third-order valence-corrected chi connectivity index (χ3v) is 4.75. The van der Waals surface area contributed by atoms with Crippen molar-refractivity contribution >= 4 is 23.2 Å². The van der Waals surface area contributed by atoms with Gasteiger partial charge in [-0.3, -0.25) is 9.78 Å². The molecule has 0 saturated heterocycles. The highest BCUT2D eigenvalue weighted by Gasteiger charge is 2.24. The molecule has 1 aliphatic carbocycles. The lowest BCUT2D eigenvalue weighted by molar-refractivity contribution is 0.100. The summed E-state index contributed by atoms with van der Waals surface area (Å²) in [6, 6.07) is 4.41. The van der Waals surface area contributed by atoms with Gasteiger partial charge in [-0.25, -0.2) is 9.37 Å². The van der Waals surface area contributed by atoms with Crippen LogP contribution in [-0.4, -0.2) is 35.1 Å². The molecule has 0 spiro atoms. The highest BCUT2D eigenvalue weighted by molar-refractivity contribution is 5.98. The number of nitrogens with zero attached hydrogens (tertiary/aromatic N) is 2. The zero-order valence-corrected chi connectivity index (χ0v) is 15.7. The smallest absolute Gasteiger partial charge is 0.252 e. The number of carbonyl (C=O) groups is 1. The summed E-state index contributed by atoms with van der Waals surface area (Å²) in [5.41, 5.74) is 12.8. The number of hydrogen-bond acceptors (Lipinski definition) is 7. The summed E-state index contributed by atoms with van der Waals surface area (Å²) < 4.78 is 19.6. The van der Waals surface area contributed by atoms with Gasteiger partial charge in [-0.2, -0.15) is 0 Å². The second-order valence-electron chi connectivity index (χ2n) is 6.87. The van der Waals surface area contributed by atoms with Crippen LogP contribution >= 0.6 is 0 Å². The molecule has 1 amide bonds. The molecule has 3 rings (SSSR count). The predicted octanol–water partition coefficient (Wildman–Crippen LogP) is 2.29. The Morgan fingerprint density at radius 1 is 1.32 bits per heavy atom. The van der Waals surface area contributed by atoms with Crippen LogP contribution in [0, 0.1) is 5.82 Å². The van der Waals surface area contributed by atoms with Crippen LogP contribution in [0.3, 0.4) is 0 Å². The highest BCUT2D eigenvalue weighted by Crippen LogP contribution is 2.26. The Bertz CT molecular complexity index is 847. The number of pyridine rings is 2. The average molecular weight is 388 g/mol. The predicted molar refractivity (Wildman–Crippen MR) is 105 cm³/mol. The summed E-state index contributed by atoms with van der Waals surface area (Å²) in [6.45, 7) is 0.335. The van der Waals surface area contributed by atoms with Crippen molar-refractivity contribution in [2.24, 2.45) is 11.5 Å². The maximum Gasteiger partial charge on any atom is 0.252 e. The molecule has 1 fully saturated rings. The second kappa shape index (κ2) is 8.94. The Hall–Kier alpha value is -2.78. The van der Waals surface area contributed by atoms with Gasteiger partial charge in [-0.05, 0) is 31.0 Å². The number of halogens is 1. The Balaban J connectivity index is 1.90. The molecule has 28 heavy (non-hydrogen) atoms. The monoisotopic (exact) mass is 388 g/mol. The van der Waals surface area contributed by atoms with Gasteiger partial charge in [0.1, 0.15) is 5.82 Å². The lowest BCUT2D eigenvalue weighted by atomic mass is 9.91. The van der Waals surface area contributed by atoms with E-state index in [1.54, 1.807) is 25.4 Å². The molecule has 2 aromatic heterocycles. The molecule has 6 N–H and O–H groups in total. The van der Waals surface area contributed by atoms with Crippen molar-refractivity contribution in [3.05, 3.63) is 41.5 Å². The van der Waals surface area contributed by atoms with E-state index in [1.165, 1.54) is 0 Å². The van der Waals surface area contributed by atoms with E-state index in [4.69, 9.17) is 16.2 Å². The van der Waals surface area contributed by atoms with E-state index in [1.807, 2.05) is 0 Å². The summed E-state index contributed by atoms with van der Waals surface area (Å²) in [4.78, 5) is 20.3. The minimum absolute atomic E-state index is 0.0407. The quantitative estimate of drug-likeness (QED) is 0.573. The Morgan fingerprint density at radius 3 is 2.82 bits per heavy atom. The maximum atomic E-state index is 14.5. The molecular formula is C19H25FN6O2. The third-order valence-electron chi connectivity index (χ3n) is 4.75. The van der Waals surface area contributed by atoms with Gasteiger partial charge in [0.05, 0.1) is 17.9 Å². The van der Waals surface area contributed by atoms with Gasteiger partial charge in [-0.15, -0.1) is 0 Å². The van der Waals surface area contributed by atoms with Crippen molar-refractivity contribution < 1.29 is 13.9 Å². The molecule has 2 unspecified atom stereocenters. The average Bonchev–Trinajstić information content (AvgIpc) is 2.66.